The van der Waals surface area contributed by atoms with Gasteiger partial charge in [0.15, 0.2) is 5.96 Å². The number of hydrogen-bond donors (Lipinski definition) is 3. The molecule has 6 heteroatoms. The van der Waals surface area contributed by atoms with Gasteiger partial charge in [-0.05, 0) is 43.4 Å². The Balaban J connectivity index is 2.09. The van der Waals surface area contributed by atoms with Crippen molar-refractivity contribution in [1.29, 1.82) is 0 Å². The zero-order valence-corrected chi connectivity index (χ0v) is 16.0. The second kappa shape index (κ2) is 9.50. The minimum atomic E-state index is 0.163. The van der Waals surface area contributed by atoms with Gasteiger partial charge in [-0.3, -0.25) is 4.99 Å². The largest absolute Gasteiger partial charge is 0.352 e. The molecule has 2 atom stereocenters. The third-order valence-corrected chi connectivity index (χ3v) is 4.85. The molecule has 0 amide bonds. The lowest BCUT2D eigenvalue weighted by Gasteiger charge is -2.30. The molecular formula is C18H28Cl2N4. The van der Waals surface area contributed by atoms with E-state index in [2.05, 4.69) is 24.5 Å². The molecule has 134 valence electrons. The predicted molar refractivity (Wildman–Crippen MR) is 105 cm³/mol. The zero-order chi connectivity index (χ0) is 17.5. The molecule has 1 aromatic rings. The van der Waals surface area contributed by atoms with Gasteiger partial charge in [-0.15, -0.1) is 0 Å². The fraction of sp³-hybridized carbons (Fsp3) is 0.611. The van der Waals surface area contributed by atoms with Crippen LogP contribution in [-0.2, 0) is 0 Å². The number of aliphatic imine (C=N–C) groups is 1. The Morgan fingerprint density at radius 1 is 1.29 bits per heavy atom. The Morgan fingerprint density at radius 2 is 2.04 bits per heavy atom. The van der Waals surface area contributed by atoms with Crippen molar-refractivity contribution in [1.82, 2.24) is 5.32 Å². The van der Waals surface area contributed by atoms with Crippen molar-refractivity contribution in [2.45, 2.75) is 58.0 Å². The molecular weight excluding hydrogens is 343 g/mol. The first-order valence-corrected chi connectivity index (χ1v) is 9.50. The summed E-state index contributed by atoms with van der Waals surface area (Å²) >= 11 is 12.2. The average Bonchev–Trinajstić information content (AvgIpc) is 2.51. The minimum Gasteiger partial charge on any atom is -0.352 e. The summed E-state index contributed by atoms with van der Waals surface area (Å²) in [6.45, 7) is 5.16. The monoisotopic (exact) mass is 370 g/mol. The number of benzene rings is 1. The maximum Gasteiger partial charge on any atom is 0.196 e. The molecule has 0 aliphatic heterocycles. The third-order valence-electron chi connectivity index (χ3n) is 4.30. The molecule has 4 nitrogen and oxygen atoms in total. The van der Waals surface area contributed by atoms with Gasteiger partial charge in [0.1, 0.15) is 0 Å². The molecule has 2 rings (SSSR count). The molecule has 0 radical (unpaired) electrons. The van der Waals surface area contributed by atoms with Crippen LogP contribution in [-0.4, -0.2) is 24.6 Å². The maximum atomic E-state index is 6.28. The molecule has 1 aromatic carbocycles. The topological polar surface area (TPSA) is 62.4 Å². The van der Waals surface area contributed by atoms with Crippen LogP contribution in [0.3, 0.4) is 0 Å². The molecule has 1 saturated carbocycles. The number of nitrogens with two attached hydrogens (primary N) is 1. The number of nitrogens with zero attached hydrogens (tertiary/aromatic N) is 1. The first kappa shape index (κ1) is 19.4. The maximum absolute atomic E-state index is 6.28. The molecule has 0 spiro atoms. The van der Waals surface area contributed by atoms with E-state index in [4.69, 9.17) is 33.9 Å². The highest BCUT2D eigenvalue weighted by atomic mass is 35.5. The number of guanidine groups is 1. The summed E-state index contributed by atoms with van der Waals surface area (Å²) in [6, 6.07) is 5.81. The standard InChI is InChI=1S/C18H28Cl2N4/c1-12(2)9-10-22-18(24-17-6-4-3-5-15(17)21)23-16-8-7-13(19)11-14(16)20/h7-8,11-12,15,17H,3-6,9-10,21H2,1-2H3,(H2,22,23,24)/t15-,17-/m0/s1. The summed E-state index contributed by atoms with van der Waals surface area (Å²) in [5, 5.41) is 8.00. The molecule has 0 heterocycles. The Hall–Kier alpha value is -0.970. The van der Waals surface area contributed by atoms with Crippen molar-refractivity contribution in [2.24, 2.45) is 16.6 Å². The molecule has 1 aliphatic carbocycles. The quantitative estimate of drug-likeness (QED) is 0.521. The van der Waals surface area contributed by atoms with Crippen LogP contribution in [0.15, 0.2) is 23.2 Å². The lowest BCUT2D eigenvalue weighted by Crippen LogP contribution is -2.51. The number of halogens is 2. The second-order valence-electron chi connectivity index (χ2n) is 6.86. The summed E-state index contributed by atoms with van der Waals surface area (Å²) in [5.74, 6) is 1.35. The molecule has 0 unspecified atom stereocenters. The van der Waals surface area contributed by atoms with E-state index in [0.717, 1.165) is 37.5 Å². The number of nitrogens with one attached hydrogen (secondary N) is 2. The van der Waals surface area contributed by atoms with E-state index in [1.54, 1.807) is 6.07 Å². The van der Waals surface area contributed by atoms with Crippen LogP contribution in [0.1, 0.15) is 46.0 Å². The van der Waals surface area contributed by atoms with Crippen molar-refractivity contribution in [3.63, 3.8) is 0 Å². The van der Waals surface area contributed by atoms with Crippen LogP contribution in [0.25, 0.3) is 0 Å². The lowest BCUT2D eigenvalue weighted by atomic mass is 9.91. The van der Waals surface area contributed by atoms with E-state index < -0.39 is 0 Å². The van der Waals surface area contributed by atoms with Crippen LogP contribution in [0.2, 0.25) is 10.0 Å². The third kappa shape index (κ3) is 6.15. The number of hydrogen-bond acceptors (Lipinski definition) is 2. The Kier molecular flexibility index (Phi) is 7.66. The molecule has 1 aliphatic rings. The summed E-state index contributed by atoms with van der Waals surface area (Å²) in [6.07, 6.45) is 5.57. The molecule has 0 aromatic heterocycles. The molecule has 4 N–H and O–H groups in total. The van der Waals surface area contributed by atoms with Crippen molar-refractivity contribution in [3.8, 4) is 0 Å². The van der Waals surface area contributed by atoms with Crippen LogP contribution < -0.4 is 16.4 Å². The summed E-state index contributed by atoms with van der Waals surface area (Å²) in [5.41, 5.74) is 7.05. The SMILES string of the molecule is CC(C)CCN=C(Nc1ccc(Cl)cc1Cl)N[C@H]1CCCC[C@@H]1N. The minimum absolute atomic E-state index is 0.163. The van der Waals surface area contributed by atoms with E-state index in [0.29, 0.717) is 16.0 Å². The van der Waals surface area contributed by atoms with Crippen LogP contribution in [0.4, 0.5) is 5.69 Å². The fourth-order valence-corrected chi connectivity index (χ4v) is 3.24. The van der Waals surface area contributed by atoms with Gasteiger partial charge in [0.05, 0.1) is 10.7 Å². The normalized spacial score (nSPS) is 21.8. The summed E-state index contributed by atoms with van der Waals surface area (Å²) in [4.78, 5) is 4.70. The van der Waals surface area contributed by atoms with Crippen LogP contribution >= 0.6 is 23.2 Å². The van der Waals surface area contributed by atoms with Gasteiger partial charge >= 0.3 is 0 Å². The van der Waals surface area contributed by atoms with Gasteiger partial charge in [-0.25, -0.2) is 0 Å². The van der Waals surface area contributed by atoms with Crippen LogP contribution in [0, 0.1) is 5.92 Å². The van der Waals surface area contributed by atoms with Crippen molar-refractivity contribution < 1.29 is 0 Å². The van der Waals surface area contributed by atoms with Gasteiger partial charge in [0.2, 0.25) is 0 Å². The van der Waals surface area contributed by atoms with E-state index in [1.165, 1.54) is 12.8 Å². The Bertz CT molecular complexity index is 560. The molecule has 0 saturated heterocycles. The van der Waals surface area contributed by atoms with Crippen molar-refractivity contribution in [3.05, 3.63) is 28.2 Å². The van der Waals surface area contributed by atoms with Gasteiger partial charge < -0.3 is 16.4 Å². The summed E-state index contributed by atoms with van der Waals surface area (Å²) in [7, 11) is 0. The smallest absolute Gasteiger partial charge is 0.196 e. The average molecular weight is 371 g/mol. The lowest BCUT2D eigenvalue weighted by molar-refractivity contribution is 0.360. The number of anilines is 1. The van der Waals surface area contributed by atoms with Crippen molar-refractivity contribution in [2.75, 3.05) is 11.9 Å². The molecule has 1 fully saturated rings. The van der Waals surface area contributed by atoms with Gasteiger partial charge in [0.25, 0.3) is 0 Å². The first-order chi connectivity index (χ1) is 11.5. The van der Waals surface area contributed by atoms with E-state index >= 15 is 0 Å². The Morgan fingerprint density at radius 3 is 2.71 bits per heavy atom. The fourth-order valence-electron chi connectivity index (χ4n) is 2.79. The summed E-state index contributed by atoms with van der Waals surface area (Å²) < 4.78 is 0. The predicted octanol–water partition coefficient (Wildman–Crippen LogP) is 4.67. The highest BCUT2D eigenvalue weighted by Crippen LogP contribution is 2.25. The molecule has 0 bridgehead atoms. The van der Waals surface area contributed by atoms with Crippen molar-refractivity contribution >= 4 is 34.8 Å². The van der Waals surface area contributed by atoms with E-state index in [-0.39, 0.29) is 12.1 Å². The van der Waals surface area contributed by atoms with Crippen LogP contribution in [0.5, 0.6) is 0 Å². The van der Waals surface area contributed by atoms with Gasteiger partial charge in [0, 0.05) is 23.7 Å². The zero-order valence-electron chi connectivity index (χ0n) is 14.5. The number of rotatable bonds is 5. The van der Waals surface area contributed by atoms with Gasteiger partial charge in [-0.2, -0.15) is 0 Å². The Labute approximate surface area is 155 Å². The highest BCUT2D eigenvalue weighted by Gasteiger charge is 2.22. The van der Waals surface area contributed by atoms with E-state index in [9.17, 15) is 0 Å². The second-order valence-corrected chi connectivity index (χ2v) is 7.70. The highest BCUT2D eigenvalue weighted by molar-refractivity contribution is 6.36. The molecule has 24 heavy (non-hydrogen) atoms. The van der Waals surface area contributed by atoms with Gasteiger partial charge in [-0.1, -0.05) is 49.9 Å². The first-order valence-electron chi connectivity index (χ1n) is 8.74. The van der Waals surface area contributed by atoms with E-state index in [1.807, 2.05) is 12.1 Å².